The Balaban J connectivity index is 1.29. The second kappa shape index (κ2) is 9.86. The average molecular weight is 474 g/mol. The molecule has 2 heterocycles. The van der Waals surface area contributed by atoms with E-state index >= 15 is 0 Å². The Labute approximate surface area is 205 Å². The average Bonchev–Trinajstić information content (AvgIpc) is 3.26. The maximum Gasteiger partial charge on any atom is 0.258 e. The highest BCUT2D eigenvalue weighted by atomic mass is 16.5. The molecule has 7 heteroatoms. The summed E-state index contributed by atoms with van der Waals surface area (Å²) in [7, 11) is 1.66. The van der Waals surface area contributed by atoms with Gasteiger partial charge in [-0.15, -0.1) is 0 Å². The Hall–Kier alpha value is -3.74. The number of nitrogens with zero attached hydrogens (tertiary/aromatic N) is 3. The quantitative estimate of drug-likeness (QED) is 0.622. The lowest BCUT2D eigenvalue weighted by molar-refractivity contribution is -0.135. The number of phenolic OH excluding ortho intramolecular Hbond substituents is 1. The van der Waals surface area contributed by atoms with E-state index in [0.717, 1.165) is 42.8 Å². The van der Waals surface area contributed by atoms with Crippen LogP contribution in [0.5, 0.6) is 11.5 Å². The summed E-state index contributed by atoms with van der Waals surface area (Å²) in [6.45, 7) is 3.42. The van der Waals surface area contributed by atoms with Crippen molar-refractivity contribution in [1.82, 2.24) is 9.80 Å². The number of carbonyl (C=O) groups is 2. The zero-order valence-corrected chi connectivity index (χ0v) is 20.0. The molecule has 1 unspecified atom stereocenters. The summed E-state index contributed by atoms with van der Waals surface area (Å²) in [6.07, 6.45) is 2.30. The third-order valence-corrected chi connectivity index (χ3v) is 7.17. The molecule has 182 valence electrons. The predicted molar refractivity (Wildman–Crippen MR) is 136 cm³/mol. The van der Waals surface area contributed by atoms with Gasteiger partial charge < -0.3 is 24.5 Å². The van der Waals surface area contributed by atoms with Crippen LogP contribution in [0.3, 0.4) is 0 Å². The molecule has 1 N–H and O–H groups in total. The molecular formula is C28H31N3O4. The minimum atomic E-state index is -0.485. The summed E-state index contributed by atoms with van der Waals surface area (Å²) in [6, 6.07) is 18.5. The zero-order valence-electron chi connectivity index (χ0n) is 20.0. The Morgan fingerprint density at radius 1 is 0.886 bits per heavy atom. The molecule has 2 aliphatic heterocycles. The topological polar surface area (TPSA) is 73.3 Å². The van der Waals surface area contributed by atoms with E-state index in [2.05, 4.69) is 4.90 Å². The van der Waals surface area contributed by atoms with Gasteiger partial charge in [0, 0.05) is 43.8 Å². The van der Waals surface area contributed by atoms with Crippen molar-refractivity contribution in [3.8, 4) is 11.5 Å². The van der Waals surface area contributed by atoms with Crippen LogP contribution in [0.4, 0.5) is 5.69 Å². The summed E-state index contributed by atoms with van der Waals surface area (Å²) in [4.78, 5) is 32.8. The lowest BCUT2D eigenvalue weighted by Gasteiger charge is -2.30. The molecule has 5 rings (SSSR count). The van der Waals surface area contributed by atoms with Gasteiger partial charge in [0.1, 0.15) is 17.5 Å². The Kier molecular flexibility index (Phi) is 6.49. The van der Waals surface area contributed by atoms with Crippen molar-refractivity contribution in [2.45, 2.75) is 25.3 Å². The van der Waals surface area contributed by atoms with Crippen LogP contribution in [0.25, 0.3) is 10.8 Å². The number of anilines is 1. The minimum Gasteiger partial charge on any atom is -0.506 e. The van der Waals surface area contributed by atoms with Crippen molar-refractivity contribution in [3.05, 3.63) is 66.2 Å². The fourth-order valence-corrected chi connectivity index (χ4v) is 5.25. The van der Waals surface area contributed by atoms with Gasteiger partial charge in [0.15, 0.2) is 0 Å². The van der Waals surface area contributed by atoms with Gasteiger partial charge in [0.2, 0.25) is 5.91 Å². The van der Waals surface area contributed by atoms with Crippen LogP contribution < -0.4 is 9.64 Å². The van der Waals surface area contributed by atoms with Crippen molar-refractivity contribution in [2.75, 3.05) is 44.7 Å². The molecule has 2 amide bonds. The van der Waals surface area contributed by atoms with E-state index in [0.29, 0.717) is 31.4 Å². The van der Waals surface area contributed by atoms with Crippen molar-refractivity contribution in [2.24, 2.45) is 0 Å². The molecule has 3 aromatic carbocycles. The first-order valence-corrected chi connectivity index (χ1v) is 12.3. The zero-order chi connectivity index (χ0) is 24.4. The third-order valence-electron chi connectivity index (χ3n) is 7.17. The van der Waals surface area contributed by atoms with E-state index in [1.807, 2.05) is 53.4 Å². The van der Waals surface area contributed by atoms with Crippen LogP contribution in [0.1, 0.15) is 29.6 Å². The summed E-state index contributed by atoms with van der Waals surface area (Å²) in [5, 5.41) is 12.3. The van der Waals surface area contributed by atoms with Crippen LogP contribution in [0.2, 0.25) is 0 Å². The Bertz CT molecular complexity index is 1230. The molecule has 3 aromatic rings. The van der Waals surface area contributed by atoms with Gasteiger partial charge in [-0.3, -0.25) is 9.59 Å². The number of ether oxygens (including phenoxy) is 1. The number of rotatable bonds is 4. The first-order chi connectivity index (χ1) is 17.1. The summed E-state index contributed by atoms with van der Waals surface area (Å²) in [5.74, 6) is 0.534. The Morgan fingerprint density at radius 3 is 2.49 bits per heavy atom. The number of aromatic hydroxyl groups is 1. The van der Waals surface area contributed by atoms with Gasteiger partial charge >= 0.3 is 0 Å². The summed E-state index contributed by atoms with van der Waals surface area (Å²) < 4.78 is 5.26. The fourth-order valence-electron chi connectivity index (χ4n) is 5.25. The molecule has 2 saturated heterocycles. The van der Waals surface area contributed by atoms with Crippen molar-refractivity contribution in [3.63, 3.8) is 0 Å². The number of methoxy groups -OCH3 is 1. The van der Waals surface area contributed by atoms with Gasteiger partial charge in [-0.2, -0.15) is 0 Å². The van der Waals surface area contributed by atoms with Crippen LogP contribution in [-0.4, -0.2) is 72.6 Å². The largest absolute Gasteiger partial charge is 0.506 e. The highest BCUT2D eigenvalue weighted by Crippen LogP contribution is 2.32. The molecular weight excluding hydrogens is 442 g/mol. The number of hydrogen-bond donors (Lipinski definition) is 1. The van der Waals surface area contributed by atoms with Gasteiger partial charge in [-0.25, -0.2) is 0 Å². The number of phenols is 1. The van der Waals surface area contributed by atoms with Gasteiger partial charge in [-0.1, -0.05) is 30.3 Å². The smallest absolute Gasteiger partial charge is 0.258 e. The second-order valence-corrected chi connectivity index (χ2v) is 9.20. The molecule has 0 radical (unpaired) electrons. The number of benzene rings is 3. The van der Waals surface area contributed by atoms with Crippen molar-refractivity contribution in [1.29, 1.82) is 0 Å². The molecule has 1 atom stereocenters. The fraction of sp³-hybridized carbons (Fsp3) is 0.357. The van der Waals surface area contributed by atoms with Gasteiger partial charge in [0.25, 0.3) is 5.91 Å². The Morgan fingerprint density at radius 2 is 1.69 bits per heavy atom. The maximum atomic E-state index is 13.6. The monoisotopic (exact) mass is 473 g/mol. The van der Waals surface area contributed by atoms with E-state index in [1.54, 1.807) is 24.1 Å². The standard InChI is InChI=1S/C28H31N3O4/c1-35-22-12-10-21(11-13-22)29-15-5-16-30(19-18-29)28(34)25-8-4-17-31(25)27(33)24-14-9-20-6-2-3-7-23(20)26(24)32/h2-3,6-7,9-14,25,32H,4-5,8,15-19H2,1H3. The lowest BCUT2D eigenvalue weighted by Crippen LogP contribution is -2.48. The highest BCUT2D eigenvalue weighted by molar-refractivity contribution is 6.05. The molecule has 0 bridgehead atoms. The van der Waals surface area contributed by atoms with E-state index in [-0.39, 0.29) is 23.1 Å². The van der Waals surface area contributed by atoms with Gasteiger partial charge in [-0.05, 0) is 55.0 Å². The van der Waals surface area contributed by atoms with E-state index < -0.39 is 6.04 Å². The molecule has 7 nitrogen and oxygen atoms in total. The number of amides is 2. The highest BCUT2D eigenvalue weighted by Gasteiger charge is 2.38. The first kappa shape index (κ1) is 23.0. The summed E-state index contributed by atoms with van der Waals surface area (Å²) in [5.41, 5.74) is 1.37. The van der Waals surface area contributed by atoms with Gasteiger partial charge in [0.05, 0.1) is 12.7 Å². The molecule has 35 heavy (non-hydrogen) atoms. The normalized spacial score (nSPS) is 18.5. The van der Waals surface area contributed by atoms with Crippen LogP contribution >= 0.6 is 0 Å². The van der Waals surface area contributed by atoms with E-state index in [4.69, 9.17) is 4.74 Å². The third kappa shape index (κ3) is 4.50. The molecule has 2 aliphatic rings. The van der Waals surface area contributed by atoms with Crippen molar-refractivity contribution >= 4 is 28.3 Å². The van der Waals surface area contributed by atoms with Crippen LogP contribution in [0, 0.1) is 0 Å². The lowest BCUT2D eigenvalue weighted by atomic mass is 10.0. The van der Waals surface area contributed by atoms with Crippen LogP contribution in [0.15, 0.2) is 60.7 Å². The second-order valence-electron chi connectivity index (χ2n) is 9.20. The van der Waals surface area contributed by atoms with E-state index in [9.17, 15) is 14.7 Å². The number of fused-ring (bicyclic) bond motifs is 1. The van der Waals surface area contributed by atoms with Crippen LogP contribution in [-0.2, 0) is 4.79 Å². The first-order valence-electron chi connectivity index (χ1n) is 12.3. The molecule has 0 spiro atoms. The summed E-state index contributed by atoms with van der Waals surface area (Å²) >= 11 is 0. The van der Waals surface area contributed by atoms with E-state index in [1.165, 1.54) is 0 Å². The number of likely N-dealkylation sites (tertiary alicyclic amines) is 1. The number of hydrogen-bond acceptors (Lipinski definition) is 5. The number of carbonyl (C=O) groups excluding carboxylic acids is 2. The molecule has 2 fully saturated rings. The predicted octanol–water partition coefficient (Wildman–Crippen LogP) is 3.90. The molecule has 0 aliphatic carbocycles. The van der Waals surface area contributed by atoms with Crippen molar-refractivity contribution < 1.29 is 19.4 Å². The molecule has 0 aromatic heterocycles. The SMILES string of the molecule is COc1ccc(N2CCCN(C(=O)C3CCCN3C(=O)c3ccc4ccccc4c3O)CC2)cc1. The maximum absolute atomic E-state index is 13.6. The molecule has 0 saturated carbocycles. The minimum absolute atomic E-state index is 0.00714.